The van der Waals surface area contributed by atoms with Crippen LogP contribution in [0.2, 0.25) is 0 Å². The van der Waals surface area contributed by atoms with Gasteiger partial charge in [-0.25, -0.2) is 4.98 Å². The Bertz CT molecular complexity index is 269. The smallest absolute Gasteiger partial charge is 0.107 e. The van der Waals surface area contributed by atoms with Crippen LogP contribution in [0.5, 0.6) is 0 Å². The second-order valence-corrected chi connectivity index (χ2v) is 4.80. The maximum atomic E-state index is 5.64. The molecule has 0 aromatic carbocycles. The Kier molecular flexibility index (Phi) is 5.83. The lowest BCUT2D eigenvalue weighted by Crippen LogP contribution is -2.21. The first-order valence-electron chi connectivity index (χ1n) is 5.58. The minimum Gasteiger partial charge on any atom is -0.330 e. The highest BCUT2D eigenvalue weighted by molar-refractivity contribution is 7.09. The van der Waals surface area contributed by atoms with Gasteiger partial charge >= 0.3 is 0 Å². The maximum absolute atomic E-state index is 5.64. The lowest BCUT2D eigenvalue weighted by Gasteiger charge is -2.11. The van der Waals surface area contributed by atoms with Gasteiger partial charge in [0.05, 0.1) is 0 Å². The van der Waals surface area contributed by atoms with Crippen LogP contribution in [0.4, 0.5) is 0 Å². The van der Waals surface area contributed by atoms with Crippen molar-refractivity contribution in [3.63, 3.8) is 0 Å². The van der Waals surface area contributed by atoms with Crippen molar-refractivity contribution in [2.24, 2.45) is 11.7 Å². The summed E-state index contributed by atoms with van der Waals surface area (Å²) in [6.07, 6.45) is 2.34. The van der Waals surface area contributed by atoms with Crippen molar-refractivity contribution in [2.45, 2.75) is 33.2 Å². The van der Waals surface area contributed by atoms with E-state index in [0.717, 1.165) is 31.7 Å². The van der Waals surface area contributed by atoms with Crippen LogP contribution in [0, 0.1) is 12.8 Å². The summed E-state index contributed by atoms with van der Waals surface area (Å²) in [4.78, 5) is 4.40. The van der Waals surface area contributed by atoms with E-state index in [9.17, 15) is 0 Å². The van der Waals surface area contributed by atoms with Crippen LogP contribution >= 0.6 is 11.3 Å². The van der Waals surface area contributed by atoms with E-state index >= 15 is 0 Å². The third-order valence-electron chi connectivity index (χ3n) is 2.58. The number of nitrogens with one attached hydrogen (secondary N) is 1. The highest BCUT2D eigenvalue weighted by atomic mass is 32.1. The van der Waals surface area contributed by atoms with E-state index < -0.39 is 0 Å². The third-order valence-corrected chi connectivity index (χ3v) is 3.55. The fourth-order valence-corrected chi connectivity index (χ4v) is 2.22. The Morgan fingerprint density at radius 2 is 2.40 bits per heavy atom. The van der Waals surface area contributed by atoms with Crippen molar-refractivity contribution in [1.82, 2.24) is 10.3 Å². The van der Waals surface area contributed by atoms with Gasteiger partial charge in [-0.05, 0) is 32.4 Å². The fourth-order valence-electron chi connectivity index (χ4n) is 1.47. The van der Waals surface area contributed by atoms with Crippen molar-refractivity contribution in [3.05, 3.63) is 16.1 Å². The average Bonchev–Trinajstić information content (AvgIpc) is 2.65. The maximum Gasteiger partial charge on any atom is 0.107 e. The predicted molar refractivity (Wildman–Crippen MR) is 66.0 cm³/mol. The molecule has 3 nitrogen and oxygen atoms in total. The van der Waals surface area contributed by atoms with E-state index in [2.05, 4.69) is 22.6 Å². The summed E-state index contributed by atoms with van der Waals surface area (Å²) in [6, 6.07) is 0. The minimum atomic E-state index is 0.663. The van der Waals surface area contributed by atoms with Gasteiger partial charge in [0.1, 0.15) is 5.01 Å². The van der Waals surface area contributed by atoms with Crippen molar-refractivity contribution in [1.29, 1.82) is 0 Å². The lowest BCUT2D eigenvalue weighted by atomic mass is 10.0. The molecular formula is C11H21N3S. The quantitative estimate of drug-likeness (QED) is 0.700. The van der Waals surface area contributed by atoms with Crippen LogP contribution in [-0.2, 0) is 6.54 Å². The van der Waals surface area contributed by atoms with E-state index in [4.69, 9.17) is 5.73 Å². The molecule has 1 unspecified atom stereocenters. The molecule has 86 valence electrons. The number of aryl methyl sites for hydroxylation is 1. The monoisotopic (exact) mass is 227 g/mol. The second-order valence-electron chi connectivity index (χ2n) is 3.86. The Hall–Kier alpha value is -0.450. The van der Waals surface area contributed by atoms with Gasteiger partial charge < -0.3 is 11.1 Å². The van der Waals surface area contributed by atoms with E-state index in [1.807, 2.05) is 6.92 Å². The first kappa shape index (κ1) is 12.6. The number of rotatable bonds is 7. The summed E-state index contributed by atoms with van der Waals surface area (Å²) in [5.74, 6) is 0.663. The molecule has 0 spiro atoms. The van der Waals surface area contributed by atoms with Crippen LogP contribution < -0.4 is 11.1 Å². The molecule has 0 amide bonds. The summed E-state index contributed by atoms with van der Waals surface area (Å²) in [5, 5.41) is 6.67. The summed E-state index contributed by atoms with van der Waals surface area (Å²) in [7, 11) is 0. The Morgan fingerprint density at radius 1 is 1.60 bits per heavy atom. The zero-order chi connectivity index (χ0) is 11.1. The zero-order valence-electron chi connectivity index (χ0n) is 9.62. The van der Waals surface area contributed by atoms with Gasteiger partial charge in [-0.1, -0.05) is 13.3 Å². The molecule has 0 saturated heterocycles. The van der Waals surface area contributed by atoms with Gasteiger partial charge in [0, 0.05) is 17.6 Å². The fraction of sp³-hybridized carbons (Fsp3) is 0.727. The molecule has 1 heterocycles. The molecule has 0 aliphatic rings. The zero-order valence-corrected chi connectivity index (χ0v) is 10.4. The van der Waals surface area contributed by atoms with E-state index in [0.29, 0.717) is 5.92 Å². The highest BCUT2D eigenvalue weighted by Crippen LogP contribution is 2.08. The topological polar surface area (TPSA) is 50.9 Å². The van der Waals surface area contributed by atoms with E-state index in [1.165, 1.54) is 11.4 Å². The lowest BCUT2D eigenvalue weighted by molar-refractivity contribution is 0.460. The van der Waals surface area contributed by atoms with Crippen LogP contribution in [0.15, 0.2) is 5.38 Å². The molecule has 1 aromatic rings. The Morgan fingerprint density at radius 3 is 2.93 bits per heavy atom. The van der Waals surface area contributed by atoms with Gasteiger partial charge in [-0.3, -0.25) is 0 Å². The summed E-state index contributed by atoms with van der Waals surface area (Å²) in [6.45, 7) is 6.95. The number of nitrogens with two attached hydrogens (primary N) is 1. The number of hydrogen-bond donors (Lipinski definition) is 2. The number of thiazole rings is 1. The standard InChI is InChI=1S/C11H21N3S/c1-3-10(6-12)4-5-13-7-11-14-9(2)8-15-11/h8,10,13H,3-7,12H2,1-2H3. The highest BCUT2D eigenvalue weighted by Gasteiger charge is 2.03. The third kappa shape index (κ3) is 4.73. The van der Waals surface area contributed by atoms with Crippen molar-refractivity contribution < 1.29 is 0 Å². The number of aromatic nitrogens is 1. The normalized spacial score (nSPS) is 13.0. The summed E-state index contributed by atoms with van der Waals surface area (Å²) in [5.41, 5.74) is 6.76. The largest absolute Gasteiger partial charge is 0.330 e. The molecule has 0 aliphatic carbocycles. The minimum absolute atomic E-state index is 0.663. The molecule has 0 radical (unpaired) electrons. The first-order chi connectivity index (χ1) is 7.26. The SMILES string of the molecule is CCC(CN)CCNCc1nc(C)cs1. The van der Waals surface area contributed by atoms with Gasteiger partial charge in [-0.2, -0.15) is 0 Å². The van der Waals surface area contributed by atoms with Gasteiger partial charge in [0.15, 0.2) is 0 Å². The molecule has 0 saturated carbocycles. The second kappa shape index (κ2) is 6.93. The van der Waals surface area contributed by atoms with Crippen LogP contribution in [-0.4, -0.2) is 18.1 Å². The predicted octanol–water partition coefficient (Wildman–Crippen LogP) is 1.92. The van der Waals surface area contributed by atoms with E-state index in [1.54, 1.807) is 11.3 Å². The van der Waals surface area contributed by atoms with Gasteiger partial charge in [0.25, 0.3) is 0 Å². The van der Waals surface area contributed by atoms with Gasteiger partial charge in [-0.15, -0.1) is 11.3 Å². The van der Waals surface area contributed by atoms with E-state index in [-0.39, 0.29) is 0 Å². The molecule has 0 bridgehead atoms. The molecule has 0 aliphatic heterocycles. The van der Waals surface area contributed by atoms with Crippen LogP contribution in [0.1, 0.15) is 30.5 Å². The molecule has 1 rings (SSSR count). The summed E-state index contributed by atoms with van der Waals surface area (Å²) >= 11 is 1.72. The summed E-state index contributed by atoms with van der Waals surface area (Å²) < 4.78 is 0. The van der Waals surface area contributed by atoms with Crippen LogP contribution in [0.3, 0.4) is 0 Å². The number of nitrogens with zero attached hydrogens (tertiary/aromatic N) is 1. The molecular weight excluding hydrogens is 206 g/mol. The molecule has 1 aromatic heterocycles. The molecule has 1 atom stereocenters. The Labute approximate surface area is 96.1 Å². The average molecular weight is 227 g/mol. The molecule has 3 N–H and O–H groups in total. The van der Waals surface area contributed by atoms with Crippen molar-refractivity contribution in [2.75, 3.05) is 13.1 Å². The molecule has 15 heavy (non-hydrogen) atoms. The van der Waals surface area contributed by atoms with Crippen molar-refractivity contribution in [3.8, 4) is 0 Å². The van der Waals surface area contributed by atoms with Crippen LogP contribution in [0.25, 0.3) is 0 Å². The van der Waals surface area contributed by atoms with Gasteiger partial charge in [0.2, 0.25) is 0 Å². The molecule has 4 heteroatoms. The van der Waals surface area contributed by atoms with Crippen molar-refractivity contribution >= 4 is 11.3 Å². The Balaban J connectivity index is 2.11. The number of hydrogen-bond acceptors (Lipinski definition) is 4. The first-order valence-corrected chi connectivity index (χ1v) is 6.46. The molecule has 0 fully saturated rings.